The molecule has 2 saturated heterocycles. The second-order valence-electron chi connectivity index (χ2n) is 8.55. The smallest absolute Gasteiger partial charge is 0.269 e. The first kappa shape index (κ1) is 26.7. The van der Waals surface area contributed by atoms with Crippen LogP contribution >= 0.6 is 0 Å². The molecular weight excluding hydrogens is 482 g/mol. The van der Waals surface area contributed by atoms with Crippen LogP contribution in [-0.4, -0.2) is 112 Å². The Kier molecular flexibility index (Phi) is 9.99. The van der Waals surface area contributed by atoms with Crippen molar-refractivity contribution in [2.75, 3.05) is 112 Å². The zero-order valence-electron chi connectivity index (χ0n) is 21.0. The number of anilines is 4. The van der Waals surface area contributed by atoms with Crippen LogP contribution in [0.25, 0.3) is 0 Å². The van der Waals surface area contributed by atoms with E-state index in [9.17, 15) is 10.1 Å². The predicted octanol–water partition coefficient (Wildman–Crippen LogP) is 0.347. The van der Waals surface area contributed by atoms with Crippen molar-refractivity contribution in [3.8, 4) is 0 Å². The molecule has 0 aliphatic carbocycles. The molecule has 4 rings (SSSR count). The topological polar surface area (TPSA) is 157 Å². The summed E-state index contributed by atoms with van der Waals surface area (Å²) in [5.74, 6) is 1.76. The highest BCUT2D eigenvalue weighted by atomic mass is 16.6. The Morgan fingerprint density at radius 2 is 1.46 bits per heavy atom. The molecule has 0 amide bonds. The molecule has 0 atom stereocenters. The summed E-state index contributed by atoms with van der Waals surface area (Å²) in [5, 5.41) is 14.2. The van der Waals surface area contributed by atoms with Gasteiger partial charge in [-0.15, -0.1) is 0 Å². The molecule has 2 aromatic rings. The zero-order chi connectivity index (χ0) is 25.9. The van der Waals surface area contributed by atoms with E-state index in [0.29, 0.717) is 70.6 Å². The maximum absolute atomic E-state index is 10.9. The van der Waals surface area contributed by atoms with Gasteiger partial charge in [-0.25, -0.2) is 0 Å². The predicted molar refractivity (Wildman–Crippen MR) is 140 cm³/mol. The molecule has 202 valence electrons. The van der Waals surface area contributed by atoms with E-state index in [0.717, 1.165) is 45.0 Å². The zero-order valence-corrected chi connectivity index (χ0v) is 21.0. The molecule has 2 aliphatic rings. The minimum absolute atomic E-state index is 0.0913. The van der Waals surface area contributed by atoms with Crippen LogP contribution in [0.1, 0.15) is 0 Å². The largest absolute Gasteiger partial charge is 0.378 e. The number of rotatable bonds is 13. The van der Waals surface area contributed by atoms with Gasteiger partial charge in [-0.2, -0.15) is 15.0 Å². The van der Waals surface area contributed by atoms with Crippen molar-refractivity contribution in [3.05, 3.63) is 34.4 Å². The van der Waals surface area contributed by atoms with Crippen molar-refractivity contribution < 1.29 is 19.1 Å². The van der Waals surface area contributed by atoms with Gasteiger partial charge in [0, 0.05) is 70.2 Å². The lowest BCUT2D eigenvalue weighted by atomic mass is 10.2. The first-order valence-corrected chi connectivity index (χ1v) is 12.6. The van der Waals surface area contributed by atoms with E-state index < -0.39 is 0 Å². The number of non-ortho nitro benzene ring substituents is 1. The summed E-state index contributed by atoms with van der Waals surface area (Å²) in [6.07, 6.45) is 0. The average molecular weight is 518 g/mol. The Labute approximate surface area is 215 Å². The summed E-state index contributed by atoms with van der Waals surface area (Å²) in [6, 6.07) is 6.66. The molecular formula is C23H35N9O5. The van der Waals surface area contributed by atoms with Gasteiger partial charge in [-0.1, -0.05) is 0 Å². The fraction of sp³-hybridized carbons (Fsp3) is 0.609. The van der Waals surface area contributed by atoms with Crippen molar-refractivity contribution in [2.24, 2.45) is 5.73 Å². The van der Waals surface area contributed by atoms with Gasteiger partial charge in [-0.05, 0) is 12.1 Å². The maximum atomic E-state index is 10.9. The van der Waals surface area contributed by atoms with Crippen LogP contribution in [0.15, 0.2) is 24.3 Å². The molecule has 14 heteroatoms. The van der Waals surface area contributed by atoms with Crippen molar-refractivity contribution in [3.63, 3.8) is 0 Å². The quantitative estimate of drug-likeness (QED) is 0.213. The number of hydrogen-bond acceptors (Lipinski definition) is 13. The summed E-state index contributed by atoms with van der Waals surface area (Å²) in [5.41, 5.74) is 6.46. The van der Waals surface area contributed by atoms with Gasteiger partial charge in [0.2, 0.25) is 17.8 Å². The third-order valence-corrected chi connectivity index (χ3v) is 6.06. The minimum Gasteiger partial charge on any atom is -0.378 e. The van der Waals surface area contributed by atoms with Gasteiger partial charge in [0.25, 0.3) is 5.69 Å². The number of nitro benzene ring substituents is 1. The molecule has 1 aromatic heterocycles. The number of benzene rings is 1. The fourth-order valence-electron chi connectivity index (χ4n) is 4.07. The van der Waals surface area contributed by atoms with Crippen LogP contribution in [0.3, 0.4) is 0 Å². The number of nitro groups is 1. The van der Waals surface area contributed by atoms with Gasteiger partial charge in [0.05, 0.1) is 44.6 Å². The van der Waals surface area contributed by atoms with E-state index in [1.807, 2.05) is 0 Å². The summed E-state index contributed by atoms with van der Waals surface area (Å²) in [4.78, 5) is 31.1. The first-order chi connectivity index (χ1) is 18.1. The van der Waals surface area contributed by atoms with Gasteiger partial charge in [0.1, 0.15) is 0 Å². The van der Waals surface area contributed by atoms with E-state index >= 15 is 0 Å². The molecule has 14 nitrogen and oxygen atoms in total. The van der Waals surface area contributed by atoms with E-state index in [4.69, 9.17) is 24.9 Å². The normalized spacial score (nSPS) is 16.2. The number of hydrogen-bond donors (Lipinski definition) is 2. The average Bonchev–Trinajstić information content (AvgIpc) is 2.95. The number of morpholine rings is 1. The van der Waals surface area contributed by atoms with Crippen molar-refractivity contribution in [2.45, 2.75) is 0 Å². The molecule has 3 heterocycles. The van der Waals surface area contributed by atoms with Crippen LogP contribution in [0.5, 0.6) is 0 Å². The minimum atomic E-state index is -0.385. The van der Waals surface area contributed by atoms with Gasteiger partial charge in [0.15, 0.2) is 0 Å². The highest BCUT2D eigenvalue weighted by molar-refractivity contribution is 5.53. The summed E-state index contributed by atoms with van der Waals surface area (Å²) >= 11 is 0. The highest BCUT2D eigenvalue weighted by Crippen LogP contribution is 2.23. The van der Waals surface area contributed by atoms with E-state index in [1.54, 1.807) is 12.1 Å². The van der Waals surface area contributed by atoms with Gasteiger partial charge < -0.3 is 40.0 Å². The standard InChI is InChI=1S/C23H35N9O5/c24-5-13-35-17-18-36-14-6-25-21-26-22(28-23(27-21)31-11-15-37-16-12-31)30-9-7-29(8-10-30)19-1-3-20(4-2-19)32(33)34/h1-4H,5-18,24H2,(H,25,26,27,28). The van der Waals surface area contributed by atoms with Crippen LogP contribution in [0.4, 0.5) is 29.2 Å². The first-order valence-electron chi connectivity index (χ1n) is 12.6. The lowest BCUT2D eigenvalue weighted by Crippen LogP contribution is -2.47. The van der Waals surface area contributed by atoms with Crippen LogP contribution in [0, 0.1) is 10.1 Å². The Hall–Kier alpha value is -3.33. The molecule has 0 spiro atoms. The molecule has 0 radical (unpaired) electrons. The number of nitrogens with one attached hydrogen (secondary N) is 1. The van der Waals surface area contributed by atoms with Crippen molar-refractivity contribution in [1.29, 1.82) is 0 Å². The van der Waals surface area contributed by atoms with Crippen LogP contribution < -0.4 is 25.8 Å². The third kappa shape index (κ3) is 7.82. The van der Waals surface area contributed by atoms with Crippen LogP contribution in [-0.2, 0) is 14.2 Å². The molecule has 2 aliphatic heterocycles. The highest BCUT2D eigenvalue weighted by Gasteiger charge is 2.23. The number of piperazine rings is 1. The van der Waals surface area contributed by atoms with E-state index in [2.05, 4.69) is 30.0 Å². The number of nitrogens with two attached hydrogens (primary N) is 1. The number of nitrogens with zero attached hydrogens (tertiary/aromatic N) is 7. The Morgan fingerprint density at radius 1 is 0.865 bits per heavy atom. The molecule has 3 N–H and O–H groups in total. The summed E-state index contributed by atoms with van der Waals surface area (Å²) < 4.78 is 16.4. The SMILES string of the molecule is NCCOCCOCCNc1nc(N2CCOCC2)nc(N2CCN(c3ccc([N+](=O)[O-])cc3)CC2)n1. The Bertz CT molecular complexity index is 983. The number of aromatic nitrogens is 3. The Balaban J connectivity index is 1.36. The van der Waals surface area contributed by atoms with Crippen molar-refractivity contribution >= 4 is 29.2 Å². The maximum Gasteiger partial charge on any atom is 0.269 e. The second kappa shape index (κ2) is 13.8. The van der Waals surface area contributed by atoms with E-state index in [1.165, 1.54) is 12.1 Å². The van der Waals surface area contributed by atoms with Crippen LogP contribution in [0.2, 0.25) is 0 Å². The Morgan fingerprint density at radius 3 is 2.08 bits per heavy atom. The van der Waals surface area contributed by atoms with Crippen molar-refractivity contribution in [1.82, 2.24) is 15.0 Å². The number of ether oxygens (including phenoxy) is 3. The third-order valence-electron chi connectivity index (χ3n) is 6.06. The monoisotopic (exact) mass is 517 g/mol. The molecule has 1 aromatic carbocycles. The summed E-state index contributed by atoms with van der Waals surface area (Å²) in [6.45, 7) is 8.75. The van der Waals surface area contributed by atoms with Gasteiger partial charge in [-0.3, -0.25) is 10.1 Å². The second-order valence-corrected chi connectivity index (χ2v) is 8.55. The van der Waals surface area contributed by atoms with Gasteiger partial charge >= 0.3 is 0 Å². The molecule has 0 bridgehead atoms. The molecule has 2 fully saturated rings. The lowest BCUT2D eigenvalue weighted by molar-refractivity contribution is -0.384. The molecule has 0 unspecified atom stereocenters. The summed E-state index contributed by atoms with van der Waals surface area (Å²) in [7, 11) is 0. The molecule has 0 saturated carbocycles. The molecule has 37 heavy (non-hydrogen) atoms. The fourth-order valence-corrected chi connectivity index (χ4v) is 4.07. The lowest BCUT2D eigenvalue weighted by Gasteiger charge is -2.36. The van der Waals surface area contributed by atoms with E-state index in [-0.39, 0.29) is 10.6 Å².